The summed E-state index contributed by atoms with van der Waals surface area (Å²) in [5.41, 5.74) is 0.215. The molecule has 21 heavy (non-hydrogen) atoms. The van der Waals surface area contributed by atoms with Gasteiger partial charge < -0.3 is 10.0 Å². The Bertz CT molecular complexity index is 445. The Labute approximate surface area is 126 Å². The highest BCUT2D eigenvalue weighted by molar-refractivity contribution is 5.86. The number of hydrogen-bond acceptors (Lipinski definition) is 2. The van der Waals surface area contributed by atoms with E-state index >= 15 is 0 Å². The highest BCUT2D eigenvalue weighted by Gasteiger charge is 2.50. The van der Waals surface area contributed by atoms with Crippen molar-refractivity contribution in [3.8, 4) is 0 Å². The third-order valence-electron chi connectivity index (χ3n) is 5.98. The molecule has 4 heteroatoms. The van der Waals surface area contributed by atoms with Crippen LogP contribution in [0.1, 0.15) is 58.8 Å². The fraction of sp³-hybridized carbons (Fsp3) is 0.882. The lowest BCUT2D eigenvalue weighted by molar-refractivity contribution is -0.152. The maximum Gasteiger partial charge on any atom is 0.326 e. The molecule has 2 saturated carbocycles. The minimum absolute atomic E-state index is 0.0365. The number of hydrogen-bond donors (Lipinski definition) is 1. The number of carbonyl (C=O) groups is 2. The van der Waals surface area contributed by atoms with E-state index in [0.29, 0.717) is 12.5 Å². The molecule has 4 unspecified atom stereocenters. The third kappa shape index (κ3) is 2.69. The zero-order chi connectivity index (χ0) is 15.2. The van der Waals surface area contributed by atoms with E-state index in [0.717, 1.165) is 38.5 Å². The van der Waals surface area contributed by atoms with E-state index in [1.807, 2.05) is 0 Å². The minimum atomic E-state index is -0.798. The summed E-state index contributed by atoms with van der Waals surface area (Å²) in [6.07, 6.45) is 7.28. The Kier molecular flexibility index (Phi) is 3.74. The molecule has 1 aliphatic heterocycles. The van der Waals surface area contributed by atoms with E-state index in [1.54, 1.807) is 4.90 Å². The second-order valence-corrected chi connectivity index (χ2v) is 8.09. The fourth-order valence-corrected chi connectivity index (χ4v) is 4.99. The molecule has 3 fully saturated rings. The van der Waals surface area contributed by atoms with Gasteiger partial charge in [0.05, 0.1) is 0 Å². The first-order valence-corrected chi connectivity index (χ1v) is 8.42. The van der Waals surface area contributed by atoms with E-state index in [9.17, 15) is 14.7 Å². The molecule has 1 saturated heterocycles. The van der Waals surface area contributed by atoms with E-state index < -0.39 is 12.0 Å². The van der Waals surface area contributed by atoms with Crippen LogP contribution < -0.4 is 0 Å². The van der Waals surface area contributed by atoms with Crippen molar-refractivity contribution in [1.29, 1.82) is 0 Å². The maximum absolute atomic E-state index is 12.9. The summed E-state index contributed by atoms with van der Waals surface area (Å²) < 4.78 is 0. The molecule has 0 radical (unpaired) electrons. The molecule has 0 aromatic heterocycles. The molecule has 0 aromatic rings. The molecule has 3 aliphatic rings. The van der Waals surface area contributed by atoms with Gasteiger partial charge in [0.25, 0.3) is 0 Å². The predicted octanol–water partition coefficient (Wildman–Crippen LogP) is 2.91. The lowest BCUT2D eigenvalue weighted by atomic mass is 9.72. The molecule has 118 valence electrons. The van der Waals surface area contributed by atoms with Crippen LogP contribution in [0, 0.1) is 23.2 Å². The zero-order valence-electron chi connectivity index (χ0n) is 13.2. The molecule has 1 heterocycles. The summed E-state index contributed by atoms with van der Waals surface area (Å²) >= 11 is 0. The largest absolute Gasteiger partial charge is 0.480 e. The lowest BCUT2D eigenvalue weighted by Gasteiger charge is -2.37. The van der Waals surface area contributed by atoms with E-state index in [1.165, 1.54) is 6.42 Å². The average Bonchev–Trinajstić information content (AvgIpc) is 2.95. The number of carboxylic acid groups (broad SMARTS) is 1. The number of likely N-dealkylation sites (tertiary alicyclic amines) is 1. The molecule has 2 aliphatic carbocycles. The van der Waals surface area contributed by atoms with Crippen LogP contribution in [0.4, 0.5) is 0 Å². The summed E-state index contributed by atoms with van der Waals surface area (Å²) in [6.45, 7) is 5.12. The number of fused-ring (bicyclic) bond motifs is 1. The lowest BCUT2D eigenvalue weighted by Crippen LogP contribution is -2.47. The zero-order valence-corrected chi connectivity index (χ0v) is 13.2. The second kappa shape index (κ2) is 5.29. The van der Waals surface area contributed by atoms with Crippen LogP contribution in [-0.4, -0.2) is 34.5 Å². The molecule has 3 rings (SSSR count). The summed E-state index contributed by atoms with van der Waals surface area (Å²) in [5, 5.41) is 9.59. The number of carbonyl (C=O) groups excluding carboxylic acids is 1. The van der Waals surface area contributed by atoms with Crippen LogP contribution in [0.2, 0.25) is 0 Å². The van der Waals surface area contributed by atoms with E-state index in [4.69, 9.17) is 0 Å². The van der Waals surface area contributed by atoms with Gasteiger partial charge in [-0.05, 0) is 49.4 Å². The van der Waals surface area contributed by atoms with Crippen molar-refractivity contribution in [2.24, 2.45) is 23.2 Å². The third-order valence-corrected chi connectivity index (χ3v) is 5.98. The number of nitrogens with zero attached hydrogens (tertiary/aromatic N) is 1. The quantitative estimate of drug-likeness (QED) is 0.851. The second-order valence-electron chi connectivity index (χ2n) is 8.09. The van der Waals surface area contributed by atoms with Gasteiger partial charge in [0, 0.05) is 12.5 Å². The summed E-state index contributed by atoms with van der Waals surface area (Å²) in [6, 6.07) is -0.560. The first-order chi connectivity index (χ1) is 9.89. The molecule has 4 atom stereocenters. The smallest absolute Gasteiger partial charge is 0.326 e. The van der Waals surface area contributed by atoms with Crippen LogP contribution in [0.15, 0.2) is 0 Å². The summed E-state index contributed by atoms with van der Waals surface area (Å²) in [7, 11) is 0. The first-order valence-electron chi connectivity index (χ1n) is 8.42. The standard InChI is InChI=1S/C17H27NO3/c1-17(2)8-4-6-11(9-17)15(19)18-10-12-5-3-7-13(12)14(18)16(20)21/h11-14H,3-10H2,1-2H3,(H,20,21). The Morgan fingerprint density at radius 1 is 1.14 bits per heavy atom. The SMILES string of the molecule is CC1(C)CCCC(C(=O)N2CC3CCCC3C2C(=O)O)C1. The van der Waals surface area contributed by atoms with Crippen LogP contribution in [-0.2, 0) is 9.59 Å². The first kappa shape index (κ1) is 14.9. The number of amides is 1. The van der Waals surface area contributed by atoms with E-state index in [-0.39, 0.29) is 23.2 Å². The van der Waals surface area contributed by atoms with Gasteiger partial charge in [-0.3, -0.25) is 4.79 Å². The molecule has 1 N–H and O–H groups in total. The highest BCUT2D eigenvalue weighted by Crippen LogP contribution is 2.45. The minimum Gasteiger partial charge on any atom is -0.480 e. The van der Waals surface area contributed by atoms with Gasteiger partial charge in [0.1, 0.15) is 6.04 Å². The molecular formula is C17H27NO3. The van der Waals surface area contributed by atoms with Crippen LogP contribution >= 0.6 is 0 Å². The van der Waals surface area contributed by atoms with Crippen LogP contribution in [0.5, 0.6) is 0 Å². The fourth-order valence-electron chi connectivity index (χ4n) is 4.99. The van der Waals surface area contributed by atoms with Crippen molar-refractivity contribution in [3.05, 3.63) is 0 Å². The van der Waals surface area contributed by atoms with Gasteiger partial charge in [-0.15, -0.1) is 0 Å². The summed E-state index contributed by atoms with van der Waals surface area (Å²) in [4.78, 5) is 26.3. The normalized spacial score (nSPS) is 38.3. The van der Waals surface area contributed by atoms with Crippen molar-refractivity contribution in [2.75, 3.05) is 6.54 Å². The van der Waals surface area contributed by atoms with Gasteiger partial charge in [-0.2, -0.15) is 0 Å². The van der Waals surface area contributed by atoms with Gasteiger partial charge in [0.15, 0.2) is 0 Å². The molecular weight excluding hydrogens is 266 g/mol. The summed E-state index contributed by atoms with van der Waals surface area (Å²) in [5.74, 6) is -0.0264. The van der Waals surface area contributed by atoms with Crippen molar-refractivity contribution in [3.63, 3.8) is 0 Å². The molecule has 0 aromatic carbocycles. The molecule has 0 spiro atoms. The van der Waals surface area contributed by atoms with E-state index in [2.05, 4.69) is 13.8 Å². The number of rotatable bonds is 2. The van der Waals surface area contributed by atoms with Crippen molar-refractivity contribution < 1.29 is 14.7 Å². The monoisotopic (exact) mass is 293 g/mol. The average molecular weight is 293 g/mol. The highest BCUT2D eigenvalue weighted by atomic mass is 16.4. The topological polar surface area (TPSA) is 57.6 Å². The molecule has 4 nitrogen and oxygen atoms in total. The van der Waals surface area contributed by atoms with Gasteiger partial charge in [-0.25, -0.2) is 4.79 Å². The Hall–Kier alpha value is -1.06. The van der Waals surface area contributed by atoms with Gasteiger partial charge >= 0.3 is 5.97 Å². The van der Waals surface area contributed by atoms with Crippen molar-refractivity contribution in [2.45, 2.75) is 64.8 Å². The number of carboxylic acids is 1. The van der Waals surface area contributed by atoms with Crippen LogP contribution in [0.3, 0.4) is 0 Å². The van der Waals surface area contributed by atoms with Crippen molar-refractivity contribution >= 4 is 11.9 Å². The van der Waals surface area contributed by atoms with Crippen molar-refractivity contribution in [1.82, 2.24) is 4.90 Å². The molecule has 1 amide bonds. The number of aliphatic carboxylic acids is 1. The molecule has 0 bridgehead atoms. The Morgan fingerprint density at radius 2 is 1.90 bits per heavy atom. The Morgan fingerprint density at radius 3 is 2.57 bits per heavy atom. The predicted molar refractivity (Wildman–Crippen MR) is 79.7 cm³/mol. The van der Waals surface area contributed by atoms with Gasteiger partial charge in [-0.1, -0.05) is 26.7 Å². The Balaban J connectivity index is 1.76. The maximum atomic E-state index is 12.9. The van der Waals surface area contributed by atoms with Crippen LogP contribution in [0.25, 0.3) is 0 Å². The van der Waals surface area contributed by atoms with Gasteiger partial charge in [0.2, 0.25) is 5.91 Å².